The first kappa shape index (κ1) is 13.9. The van der Waals surface area contributed by atoms with Gasteiger partial charge < -0.3 is 5.11 Å². The minimum Gasteiger partial charge on any atom is -0.379 e. The van der Waals surface area contributed by atoms with E-state index >= 15 is 0 Å². The second-order valence-corrected chi connectivity index (χ2v) is 4.11. The van der Waals surface area contributed by atoms with Crippen molar-refractivity contribution in [1.29, 1.82) is 0 Å². The van der Waals surface area contributed by atoms with Crippen LogP contribution in [0.15, 0.2) is 0 Å². The summed E-state index contributed by atoms with van der Waals surface area (Å²) in [4.78, 5) is 0. The minimum absolute atomic E-state index is 0.298. The van der Waals surface area contributed by atoms with Crippen LogP contribution in [0.3, 0.4) is 0 Å². The summed E-state index contributed by atoms with van der Waals surface area (Å²) in [7, 11) is 0. The smallest absolute Gasteiger partial charge is 0.105 e. The summed E-state index contributed by atoms with van der Waals surface area (Å²) >= 11 is 0. The molecule has 14 heavy (non-hydrogen) atoms. The van der Waals surface area contributed by atoms with Gasteiger partial charge in [-0.15, -0.1) is 0 Å². The van der Waals surface area contributed by atoms with Crippen LogP contribution in [0.4, 0.5) is 0 Å². The van der Waals surface area contributed by atoms with E-state index in [0.29, 0.717) is 5.92 Å². The predicted octanol–water partition coefficient (Wildman–Crippen LogP) is 2.91. The summed E-state index contributed by atoms with van der Waals surface area (Å²) in [5.41, 5.74) is 0. The van der Waals surface area contributed by atoms with Crippen LogP contribution in [0.2, 0.25) is 0 Å². The van der Waals surface area contributed by atoms with Crippen molar-refractivity contribution in [2.75, 3.05) is 6.54 Å². The first-order valence-electron chi connectivity index (χ1n) is 6.15. The van der Waals surface area contributed by atoms with Crippen molar-refractivity contribution in [3.63, 3.8) is 0 Å². The van der Waals surface area contributed by atoms with Gasteiger partial charge in [-0.2, -0.15) is 0 Å². The largest absolute Gasteiger partial charge is 0.379 e. The van der Waals surface area contributed by atoms with Gasteiger partial charge in [-0.25, -0.2) is 0 Å². The van der Waals surface area contributed by atoms with Crippen LogP contribution in [0, 0.1) is 5.92 Å². The Hall–Kier alpha value is -0.0800. The second kappa shape index (κ2) is 9.47. The Bertz CT molecular complexity index is 117. The fourth-order valence-electron chi connectivity index (χ4n) is 1.92. The molecule has 0 heterocycles. The molecule has 0 bridgehead atoms. The minimum atomic E-state index is -0.298. The van der Waals surface area contributed by atoms with Crippen LogP contribution >= 0.6 is 0 Å². The number of unbranched alkanes of at least 4 members (excludes halogenated alkanes) is 1. The van der Waals surface area contributed by atoms with Crippen LogP contribution < -0.4 is 5.32 Å². The molecule has 0 fully saturated rings. The highest BCUT2D eigenvalue weighted by atomic mass is 16.3. The van der Waals surface area contributed by atoms with Crippen LogP contribution in [-0.2, 0) is 0 Å². The maximum absolute atomic E-state index is 9.63. The molecule has 2 atom stereocenters. The Morgan fingerprint density at radius 3 is 2.29 bits per heavy atom. The zero-order valence-electron chi connectivity index (χ0n) is 10.1. The molecule has 2 heteroatoms. The summed E-state index contributed by atoms with van der Waals surface area (Å²) < 4.78 is 0. The van der Waals surface area contributed by atoms with E-state index in [2.05, 4.69) is 19.2 Å². The number of aliphatic hydroxyl groups excluding tert-OH is 1. The van der Waals surface area contributed by atoms with Gasteiger partial charge in [0.05, 0.1) is 0 Å². The van der Waals surface area contributed by atoms with Gasteiger partial charge in [0.25, 0.3) is 0 Å². The average molecular weight is 201 g/mol. The van der Waals surface area contributed by atoms with Crippen molar-refractivity contribution < 1.29 is 5.11 Å². The van der Waals surface area contributed by atoms with Gasteiger partial charge in [-0.05, 0) is 18.9 Å². The molecule has 0 rings (SSSR count). The van der Waals surface area contributed by atoms with Crippen molar-refractivity contribution in [1.82, 2.24) is 5.32 Å². The average Bonchev–Trinajstić information content (AvgIpc) is 2.15. The normalized spacial score (nSPS) is 15.4. The lowest BCUT2D eigenvalue weighted by atomic mass is 9.93. The highest BCUT2D eigenvalue weighted by Crippen LogP contribution is 2.19. The molecule has 0 aliphatic heterocycles. The third kappa shape index (κ3) is 7.34. The van der Waals surface area contributed by atoms with Crippen LogP contribution in [0.25, 0.3) is 0 Å². The van der Waals surface area contributed by atoms with Gasteiger partial charge in [0.2, 0.25) is 0 Å². The molecule has 0 aliphatic rings. The Morgan fingerprint density at radius 2 is 1.79 bits per heavy atom. The fraction of sp³-hybridized carbons (Fsp3) is 1.00. The van der Waals surface area contributed by atoms with Crippen molar-refractivity contribution in [2.45, 2.75) is 65.5 Å². The maximum Gasteiger partial charge on any atom is 0.105 e. The quantitative estimate of drug-likeness (QED) is 0.562. The molecule has 2 N–H and O–H groups in total. The van der Waals surface area contributed by atoms with E-state index in [-0.39, 0.29) is 6.23 Å². The third-order valence-corrected chi connectivity index (χ3v) is 2.66. The number of hydrogen-bond donors (Lipinski definition) is 2. The fourth-order valence-corrected chi connectivity index (χ4v) is 1.92. The highest BCUT2D eigenvalue weighted by molar-refractivity contribution is 4.63. The summed E-state index contributed by atoms with van der Waals surface area (Å²) in [5, 5.41) is 12.7. The number of aliphatic hydroxyl groups is 1. The molecule has 86 valence electrons. The van der Waals surface area contributed by atoms with Gasteiger partial charge in [0, 0.05) is 0 Å². The molecule has 0 radical (unpaired) electrons. The van der Waals surface area contributed by atoms with Crippen molar-refractivity contribution in [3.05, 3.63) is 0 Å². The van der Waals surface area contributed by atoms with Gasteiger partial charge in [-0.3, -0.25) is 5.32 Å². The molecule has 0 aromatic carbocycles. The first-order chi connectivity index (χ1) is 6.74. The van der Waals surface area contributed by atoms with Crippen LogP contribution in [0.5, 0.6) is 0 Å². The summed E-state index contributed by atoms with van der Waals surface area (Å²) in [6, 6.07) is 0. The molecule has 2 nitrogen and oxygen atoms in total. The summed E-state index contributed by atoms with van der Waals surface area (Å²) in [6.07, 6.45) is 6.93. The molecule has 0 saturated carbocycles. The van der Waals surface area contributed by atoms with E-state index < -0.39 is 0 Å². The predicted molar refractivity (Wildman–Crippen MR) is 62.2 cm³/mol. The molecule has 0 amide bonds. The van der Waals surface area contributed by atoms with E-state index in [1.165, 1.54) is 32.1 Å². The number of nitrogens with one attached hydrogen (secondary N) is 1. The molecule has 0 spiro atoms. The van der Waals surface area contributed by atoms with Gasteiger partial charge in [0.15, 0.2) is 0 Å². The van der Waals surface area contributed by atoms with Gasteiger partial charge in [0.1, 0.15) is 6.23 Å². The molecule has 0 aromatic heterocycles. The van der Waals surface area contributed by atoms with Crippen LogP contribution in [0.1, 0.15) is 59.3 Å². The van der Waals surface area contributed by atoms with Crippen molar-refractivity contribution in [3.8, 4) is 0 Å². The molecule has 0 aromatic rings. The van der Waals surface area contributed by atoms with Crippen molar-refractivity contribution >= 4 is 0 Å². The standard InChI is InChI=1S/C12H27NO/c1-4-7-9-11(8-5-2)10-12(14)13-6-3/h11-14H,4-10H2,1-3H3. The topological polar surface area (TPSA) is 32.3 Å². The lowest BCUT2D eigenvalue weighted by Crippen LogP contribution is -2.30. The molecule has 2 unspecified atom stereocenters. The molecular weight excluding hydrogens is 174 g/mol. The Balaban J connectivity index is 3.69. The van der Waals surface area contributed by atoms with E-state index in [4.69, 9.17) is 0 Å². The zero-order valence-corrected chi connectivity index (χ0v) is 10.1. The molecule has 0 aliphatic carbocycles. The number of rotatable bonds is 9. The van der Waals surface area contributed by atoms with E-state index in [1.807, 2.05) is 6.92 Å². The Kier molecular flexibility index (Phi) is 9.42. The van der Waals surface area contributed by atoms with E-state index in [0.717, 1.165) is 13.0 Å². The van der Waals surface area contributed by atoms with Crippen molar-refractivity contribution in [2.24, 2.45) is 5.92 Å². The monoisotopic (exact) mass is 201 g/mol. The van der Waals surface area contributed by atoms with Crippen LogP contribution in [-0.4, -0.2) is 17.9 Å². The SMILES string of the molecule is CCCCC(CCC)CC(O)NCC. The third-order valence-electron chi connectivity index (χ3n) is 2.66. The number of hydrogen-bond acceptors (Lipinski definition) is 2. The first-order valence-corrected chi connectivity index (χ1v) is 6.15. The highest BCUT2D eigenvalue weighted by Gasteiger charge is 2.12. The van der Waals surface area contributed by atoms with Gasteiger partial charge in [-0.1, -0.05) is 52.9 Å². The van der Waals surface area contributed by atoms with E-state index in [1.54, 1.807) is 0 Å². The Morgan fingerprint density at radius 1 is 1.07 bits per heavy atom. The molecular formula is C12H27NO. The van der Waals surface area contributed by atoms with E-state index in [9.17, 15) is 5.11 Å². The Labute approximate surface area is 89.1 Å². The lowest BCUT2D eigenvalue weighted by molar-refractivity contribution is 0.105. The second-order valence-electron chi connectivity index (χ2n) is 4.11. The summed E-state index contributed by atoms with van der Waals surface area (Å²) in [5.74, 6) is 0.703. The van der Waals surface area contributed by atoms with Gasteiger partial charge >= 0.3 is 0 Å². The maximum atomic E-state index is 9.63. The summed E-state index contributed by atoms with van der Waals surface area (Å²) in [6.45, 7) is 7.33. The zero-order chi connectivity index (χ0) is 10.8. The molecule has 0 saturated heterocycles. The lowest BCUT2D eigenvalue weighted by Gasteiger charge is -2.20.